The van der Waals surface area contributed by atoms with Crippen molar-refractivity contribution < 1.29 is 4.74 Å². The first kappa shape index (κ1) is 18.5. The molecule has 0 bridgehead atoms. The van der Waals surface area contributed by atoms with Gasteiger partial charge in [-0.25, -0.2) is 4.98 Å². The number of hydrogen-bond acceptors (Lipinski definition) is 4. The van der Waals surface area contributed by atoms with Crippen LogP contribution < -0.4 is 5.32 Å². The van der Waals surface area contributed by atoms with E-state index in [2.05, 4.69) is 38.0 Å². The number of morpholine rings is 1. The normalized spacial score (nSPS) is 24.5. The summed E-state index contributed by atoms with van der Waals surface area (Å²) >= 11 is 0. The largest absolute Gasteiger partial charge is 0.371 e. The number of ether oxygens (including phenoxy) is 1. The Kier molecular flexibility index (Phi) is 6.28. The fourth-order valence-electron chi connectivity index (χ4n) is 3.53. The number of aromatic nitrogens is 2. The first-order valence-electron chi connectivity index (χ1n) is 7.82. The Morgan fingerprint density at radius 3 is 2.91 bits per heavy atom. The van der Waals surface area contributed by atoms with Crippen molar-refractivity contribution in [2.75, 3.05) is 39.3 Å². The smallest absolute Gasteiger partial charge is 0.0958 e. The molecule has 23 heavy (non-hydrogen) atoms. The molecule has 4 rings (SSSR count). The molecule has 2 fully saturated rings. The molecule has 0 aliphatic carbocycles. The average molecular weight is 359 g/mol. The Hall–Kier alpha value is -0.850. The van der Waals surface area contributed by atoms with E-state index < -0.39 is 0 Å². The third-order valence-electron chi connectivity index (χ3n) is 4.71. The summed E-state index contributed by atoms with van der Waals surface area (Å²) in [5.41, 5.74) is 2.37. The molecule has 0 saturated carbocycles. The van der Waals surface area contributed by atoms with Crippen LogP contribution in [0.2, 0.25) is 0 Å². The molecule has 2 aliphatic rings. The summed E-state index contributed by atoms with van der Waals surface area (Å²) < 4.78 is 8.29. The minimum atomic E-state index is 0. The van der Waals surface area contributed by atoms with Gasteiger partial charge in [-0.2, -0.15) is 0 Å². The minimum absolute atomic E-state index is 0. The molecule has 1 spiro atoms. The van der Waals surface area contributed by atoms with Gasteiger partial charge < -0.3 is 14.6 Å². The number of hydrogen-bond donors (Lipinski definition) is 1. The molecule has 2 saturated heterocycles. The van der Waals surface area contributed by atoms with E-state index >= 15 is 0 Å². The van der Waals surface area contributed by atoms with E-state index in [0.29, 0.717) is 0 Å². The number of likely N-dealkylation sites (tertiary alicyclic amines) is 1. The van der Waals surface area contributed by atoms with Crippen molar-refractivity contribution in [2.45, 2.75) is 18.6 Å². The highest BCUT2D eigenvalue weighted by Crippen LogP contribution is 2.26. The summed E-state index contributed by atoms with van der Waals surface area (Å²) in [7, 11) is 0. The predicted molar refractivity (Wildman–Crippen MR) is 96.8 cm³/mol. The van der Waals surface area contributed by atoms with Gasteiger partial charge in [0.25, 0.3) is 0 Å². The second kappa shape index (κ2) is 7.81. The van der Waals surface area contributed by atoms with E-state index in [0.717, 1.165) is 57.8 Å². The maximum absolute atomic E-state index is 6.04. The molecule has 1 atom stereocenters. The van der Waals surface area contributed by atoms with E-state index in [1.807, 2.05) is 12.4 Å². The molecule has 1 aromatic carbocycles. The van der Waals surface area contributed by atoms with E-state index in [9.17, 15) is 0 Å². The van der Waals surface area contributed by atoms with Crippen molar-refractivity contribution in [3.63, 3.8) is 0 Å². The van der Waals surface area contributed by atoms with Gasteiger partial charge in [0, 0.05) is 39.3 Å². The molecule has 5 nitrogen and oxygen atoms in total. The van der Waals surface area contributed by atoms with Gasteiger partial charge in [-0.3, -0.25) is 4.90 Å². The highest BCUT2D eigenvalue weighted by atomic mass is 35.5. The lowest BCUT2D eigenvalue weighted by Crippen LogP contribution is -2.51. The number of nitrogens with one attached hydrogen (secondary N) is 1. The number of fused-ring (bicyclic) bond motifs is 1. The monoisotopic (exact) mass is 358 g/mol. The summed E-state index contributed by atoms with van der Waals surface area (Å²) in [5.74, 6) is 0. The van der Waals surface area contributed by atoms with Crippen molar-refractivity contribution in [2.24, 2.45) is 0 Å². The van der Waals surface area contributed by atoms with Gasteiger partial charge in [0.15, 0.2) is 0 Å². The molecule has 1 aromatic heterocycles. The molecule has 0 radical (unpaired) electrons. The SMILES string of the molecule is Cl.Cl.c1ccc2c(c1)ncn2CCN1CCC2(CNCCO2)C1. The topological polar surface area (TPSA) is 42.3 Å². The fourth-order valence-corrected chi connectivity index (χ4v) is 3.53. The van der Waals surface area contributed by atoms with Crippen LogP contribution >= 0.6 is 24.8 Å². The van der Waals surface area contributed by atoms with Crippen molar-refractivity contribution in [1.29, 1.82) is 0 Å². The second-order valence-corrected chi connectivity index (χ2v) is 6.16. The lowest BCUT2D eigenvalue weighted by Gasteiger charge is -2.34. The lowest BCUT2D eigenvalue weighted by atomic mass is 10.0. The zero-order chi connectivity index (χ0) is 14.1. The van der Waals surface area contributed by atoms with Crippen LogP contribution in [0.3, 0.4) is 0 Å². The summed E-state index contributed by atoms with van der Waals surface area (Å²) in [6, 6.07) is 8.32. The zero-order valence-corrected chi connectivity index (χ0v) is 14.7. The predicted octanol–water partition coefficient (Wildman–Crippen LogP) is 1.94. The molecular weight excluding hydrogens is 335 g/mol. The van der Waals surface area contributed by atoms with Gasteiger partial charge in [-0.05, 0) is 18.6 Å². The molecule has 7 heteroatoms. The molecular formula is C16H24Cl2N4O. The molecule has 128 valence electrons. The Bertz CT molecular complexity index is 627. The maximum Gasteiger partial charge on any atom is 0.0958 e. The van der Waals surface area contributed by atoms with Crippen molar-refractivity contribution in [1.82, 2.24) is 19.8 Å². The summed E-state index contributed by atoms with van der Waals surface area (Å²) in [6.07, 6.45) is 3.10. The highest BCUT2D eigenvalue weighted by Gasteiger charge is 2.40. The van der Waals surface area contributed by atoms with Gasteiger partial charge in [0.2, 0.25) is 0 Å². The highest BCUT2D eigenvalue weighted by molar-refractivity contribution is 5.85. The summed E-state index contributed by atoms with van der Waals surface area (Å²) in [5, 5.41) is 3.47. The van der Waals surface area contributed by atoms with E-state index in [4.69, 9.17) is 4.74 Å². The van der Waals surface area contributed by atoms with Gasteiger partial charge >= 0.3 is 0 Å². The number of halogens is 2. The van der Waals surface area contributed by atoms with E-state index in [-0.39, 0.29) is 30.4 Å². The summed E-state index contributed by atoms with van der Waals surface area (Å²) in [4.78, 5) is 6.97. The first-order valence-corrected chi connectivity index (χ1v) is 7.82. The fraction of sp³-hybridized carbons (Fsp3) is 0.562. The second-order valence-electron chi connectivity index (χ2n) is 6.16. The first-order chi connectivity index (χ1) is 10.3. The molecule has 1 N–H and O–H groups in total. The van der Waals surface area contributed by atoms with Gasteiger partial charge in [-0.15, -0.1) is 24.8 Å². The lowest BCUT2D eigenvalue weighted by molar-refractivity contribution is -0.0572. The number of rotatable bonds is 3. The molecule has 0 amide bonds. The number of para-hydroxylation sites is 2. The minimum Gasteiger partial charge on any atom is -0.371 e. The van der Waals surface area contributed by atoms with Gasteiger partial charge in [0.1, 0.15) is 0 Å². The van der Waals surface area contributed by atoms with Crippen LogP contribution in [0.15, 0.2) is 30.6 Å². The third kappa shape index (κ3) is 3.80. The molecule has 1 unspecified atom stereocenters. The number of benzene rings is 1. The van der Waals surface area contributed by atoms with Crippen LogP contribution in [0.4, 0.5) is 0 Å². The Morgan fingerprint density at radius 1 is 1.22 bits per heavy atom. The third-order valence-corrected chi connectivity index (χ3v) is 4.71. The number of nitrogens with zero attached hydrogens (tertiary/aromatic N) is 3. The standard InChI is InChI=1S/C16H22N4O.2ClH/c1-2-4-15-14(3-1)18-13-20(15)9-8-19-7-5-16(12-19)11-17-6-10-21-16;;/h1-4,13,17H,5-12H2;2*1H. The van der Waals surface area contributed by atoms with E-state index in [1.165, 1.54) is 5.52 Å². The quantitative estimate of drug-likeness (QED) is 0.910. The van der Waals surface area contributed by atoms with Gasteiger partial charge in [0.05, 0.1) is 29.6 Å². The van der Waals surface area contributed by atoms with Crippen molar-refractivity contribution in [3.8, 4) is 0 Å². The maximum atomic E-state index is 6.04. The van der Waals surface area contributed by atoms with Crippen LogP contribution in [0.1, 0.15) is 6.42 Å². The average Bonchev–Trinajstić information content (AvgIpc) is 3.11. The zero-order valence-electron chi connectivity index (χ0n) is 13.1. The Morgan fingerprint density at radius 2 is 2.09 bits per heavy atom. The van der Waals surface area contributed by atoms with Crippen LogP contribution in [0, 0.1) is 0 Å². The Labute approximate surface area is 149 Å². The Balaban J connectivity index is 0.000000960. The van der Waals surface area contributed by atoms with Crippen LogP contribution in [-0.4, -0.2) is 59.4 Å². The van der Waals surface area contributed by atoms with Crippen LogP contribution in [0.25, 0.3) is 11.0 Å². The van der Waals surface area contributed by atoms with Crippen LogP contribution in [-0.2, 0) is 11.3 Å². The van der Waals surface area contributed by atoms with Crippen molar-refractivity contribution in [3.05, 3.63) is 30.6 Å². The number of imidazole rings is 1. The van der Waals surface area contributed by atoms with Crippen LogP contribution in [0.5, 0.6) is 0 Å². The molecule has 2 aromatic rings. The van der Waals surface area contributed by atoms with Crippen molar-refractivity contribution >= 4 is 35.8 Å². The van der Waals surface area contributed by atoms with Gasteiger partial charge in [-0.1, -0.05) is 12.1 Å². The summed E-state index contributed by atoms with van der Waals surface area (Å²) in [6.45, 7) is 7.07. The molecule has 2 aliphatic heterocycles. The molecule has 3 heterocycles. The van der Waals surface area contributed by atoms with E-state index in [1.54, 1.807) is 0 Å².